The number of rotatable bonds is 1. The standard InChI is InChI=1S/C16H18N2O5S/c1-23-15(21)12-6-7-24-9-16(22)11-5-3-2-4-10(11)14(20)18(16)8-13(19)17-12/h2-5,12,22H,6-9H2,1H3,(H,17,19). The zero-order valence-electron chi connectivity index (χ0n) is 13.2. The van der Waals surface area contributed by atoms with Crippen LogP contribution in [0.3, 0.4) is 0 Å². The molecule has 24 heavy (non-hydrogen) atoms. The fourth-order valence-electron chi connectivity index (χ4n) is 3.03. The second kappa shape index (κ2) is 6.45. The zero-order chi connectivity index (χ0) is 17.3. The Balaban J connectivity index is 1.90. The van der Waals surface area contributed by atoms with Gasteiger partial charge in [-0.2, -0.15) is 11.8 Å². The number of aliphatic hydroxyl groups is 1. The summed E-state index contributed by atoms with van der Waals surface area (Å²) in [6, 6.07) is 6.07. The van der Waals surface area contributed by atoms with Gasteiger partial charge in [0.25, 0.3) is 5.91 Å². The number of ether oxygens (including phenoxy) is 1. The van der Waals surface area contributed by atoms with Crippen LogP contribution >= 0.6 is 11.8 Å². The molecule has 2 amide bonds. The molecule has 2 aliphatic rings. The molecule has 0 bridgehead atoms. The highest BCUT2D eigenvalue weighted by Gasteiger charge is 2.49. The predicted molar refractivity (Wildman–Crippen MR) is 87.3 cm³/mol. The van der Waals surface area contributed by atoms with Crippen molar-refractivity contribution in [3.63, 3.8) is 0 Å². The van der Waals surface area contributed by atoms with Crippen molar-refractivity contribution in [3.05, 3.63) is 35.4 Å². The quantitative estimate of drug-likeness (QED) is 0.697. The Bertz CT molecular complexity index is 695. The van der Waals surface area contributed by atoms with Crippen LogP contribution in [0, 0.1) is 0 Å². The summed E-state index contributed by atoms with van der Waals surface area (Å²) < 4.78 is 4.69. The van der Waals surface area contributed by atoms with E-state index in [4.69, 9.17) is 4.74 Å². The molecule has 1 aromatic carbocycles. The van der Waals surface area contributed by atoms with Gasteiger partial charge >= 0.3 is 5.97 Å². The lowest BCUT2D eigenvalue weighted by molar-refractivity contribution is -0.145. The van der Waals surface area contributed by atoms with E-state index in [0.717, 1.165) is 0 Å². The van der Waals surface area contributed by atoms with Crippen molar-refractivity contribution < 1.29 is 24.2 Å². The van der Waals surface area contributed by atoms with Crippen LogP contribution in [0.25, 0.3) is 0 Å². The highest BCUT2D eigenvalue weighted by Crippen LogP contribution is 2.39. The van der Waals surface area contributed by atoms with Crippen LogP contribution in [0.2, 0.25) is 0 Å². The van der Waals surface area contributed by atoms with E-state index in [1.54, 1.807) is 24.3 Å². The molecule has 0 aromatic heterocycles. The van der Waals surface area contributed by atoms with Crippen molar-refractivity contribution in [3.8, 4) is 0 Å². The minimum atomic E-state index is -1.52. The number of hydrogen-bond donors (Lipinski definition) is 2. The molecule has 0 saturated carbocycles. The number of nitrogens with one attached hydrogen (secondary N) is 1. The average Bonchev–Trinajstić information content (AvgIpc) is 2.79. The zero-order valence-corrected chi connectivity index (χ0v) is 14.0. The summed E-state index contributed by atoms with van der Waals surface area (Å²) in [5.41, 5.74) is -0.606. The molecule has 3 rings (SSSR count). The van der Waals surface area contributed by atoms with Crippen LogP contribution in [0.1, 0.15) is 22.3 Å². The molecule has 1 fully saturated rings. The lowest BCUT2D eigenvalue weighted by Gasteiger charge is -2.35. The summed E-state index contributed by atoms with van der Waals surface area (Å²) in [5, 5.41) is 13.7. The Morgan fingerprint density at radius 1 is 1.42 bits per heavy atom. The normalized spacial score (nSPS) is 27.1. The Hall–Kier alpha value is -2.06. The van der Waals surface area contributed by atoms with Crippen molar-refractivity contribution in [1.82, 2.24) is 10.2 Å². The van der Waals surface area contributed by atoms with Crippen LogP contribution in [0.4, 0.5) is 0 Å². The Morgan fingerprint density at radius 2 is 2.17 bits per heavy atom. The molecular formula is C16H18N2O5S. The fourth-order valence-corrected chi connectivity index (χ4v) is 4.17. The first-order valence-corrected chi connectivity index (χ1v) is 8.71. The van der Waals surface area contributed by atoms with Crippen molar-refractivity contribution >= 4 is 29.5 Å². The van der Waals surface area contributed by atoms with E-state index in [2.05, 4.69) is 5.32 Å². The SMILES string of the molecule is COC(=O)C1CCSCC2(O)c3ccccc3C(=O)N2CC(=O)N1. The van der Waals surface area contributed by atoms with Gasteiger partial charge in [0.05, 0.1) is 7.11 Å². The largest absolute Gasteiger partial charge is 0.467 e. The number of benzene rings is 1. The Kier molecular flexibility index (Phi) is 4.51. The molecule has 2 unspecified atom stereocenters. The maximum absolute atomic E-state index is 12.6. The molecule has 0 radical (unpaired) electrons. The molecule has 2 N–H and O–H groups in total. The van der Waals surface area contributed by atoms with Crippen molar-refractivity contribution in [1.29, 1.82) is 0 Å². The first-order valence-electron chi connectivity index (χ1n) is 7.56. The van der Waals surface area contributed by atoms with Crippen LogP contribution in [0.15, 0.2) is 24.3 Å². The molecule has 1 saturated heterocycles. The Morgan fingerprint density at radius 3 is 2.92 bits per heavy atom. The topological polar surface area (TPSA) is 95.9 Å². The van der Waals surface area contributed by atoms with Crippen LogP contribution in [-0.2, 0) is 20.1 Å². The maximum Gasteiger partial charge on any atom is 0.328 e. The lowest BCUT2D eigenvalue weighted by Crippen LogP contribution is -2.53. The van der Waals surface area contributed by atoms with E-state index >= 15 is 0 Å². The first kappa shape index (κ1) is 16.8. The van der Waals surface area contributed by atoms with Crippen LogP contribution in [0.5, 0.6) is 0 Å². The maximum atomic E-state index is 12.6. The molecule has 1 aromatic rings. The van der Waals surface area contributed by atoms with E-state index < -0.39 is 23.6 Å². The van der Waals surface area contributed by atoms with Crippen LogP contribution in [-0.4, -0.2) is 59.0 Å². The van der Waals surface area contributed by atoms with Gasteiger partial charge in [-0.25, -0.2) is 4.79 Å². The van der Waals surface area contributed by atoms with E-state index in [1.807, 2.05) is 0 Å². The number of thioether (sulfide) groups is 1. The number of amides is 2. The van der Waals surface area contributed by atoms with Crippen molar-refractivity contribution in [2.75, 3.05) is 25.2 Å². The van der Waals surface area contributed by atoms with Gasteiger partial charge in [0.2, 0.25) is 5.91 Å². The molecule has 0 spiro atoms. The molecule has 0 aliphatic carbocycles. The summed E-state index contributed by atoms with van der Waals surface area (Å²) in [6.45, 7) is -0.321. The van der Waals surface area contributed by atoms with Gasteiger partial charge < -0.3 is 15.2 Å². The van der Waals surface area contributed by atoms with Crippen molar-refractivity contribution in [2.24, 2.45) is 0 Å². The van der Waals surface area contributed by atoms with Gasteiger partial charge in [0.15, 0.2) is 5.72 Å². The second-order valence-corrected chi connectivity index (χ2v) is 6.84. The predicted octanol–water partition coefficient (Wildman–Crippen LogP) is 0.0822. The number of carbonyl (C=O) groups excluding carboxylic acids is 3. The van der Waals surface area contributed by atoms with E-state index in [0.29, 0.717) is 23.3 Å². The van der Waals surface area contributed by atoms with Gasteiger partial charge in [-0.3, -0.25) is 14.5 Å². The number of hydrogen-bond acceptors (Lipinski definition) is 6. The summed E-state index contributed by atoms with van der Waals surface area (Å²) >= 11 is 1.42. The van der Waals surface area contributed by atoms with Gasteiger partial charge in [-0.15, -0.1) is 0 Å². The van der Waals surface area contributed by atoms with Gasteiger partial charge in [0.1, 0.15) is 12.6 Å². The van der Waals surface area contributed by atoms with Crippen molar-refractivity contribution in [2.45, 2.75) is 18.2 Å². The summed E-state index contributed by atoms with van der Waals surface area (Å²) in [4.78, 5) is 37.8. The number of methoxy groups -OCH3 is 1. The van der Waals surface area contributed by atoms with E-state index in [9.17, 15) is 19.5 Å². The average molecular weight is 350 g/mol. The number of carbonyl (C=O) groups is 3. The lowest BCUT2D eigenvalue weighted by atomic mass is 10.0. The summed E-state index contributed by atoms with van der Waals surface area (Å²) in [5.74, 6) is -0.643. The van der Waals surface area contributed by atoms with Gasteiger partial charge in [-0.1, -0.05) is 18.2 Å². The molecule has 2 atom stereocenters. The highest BCUT2D eigenvalue weighted by molar-refractivity contribution is 7.99. The molecular weight excluding hydrogens is 332 g/mol. The molecule has 2 heterocycles. The second-order valence-electron chi connectivity index (χ2n) is 5.74. The monoisotopic (exact) mass is 350 g/mol. The minimum absolute atomic E-state index is 0.233. The number of fused-ring (bicyclic) bond motifs is 3. The fraction of sp³-hybridized carbons (Fsp3) is 0.438. The number of nitrogens with zero attached hydrogens (tertiary/aromatic N) is 1. The third kappa shape index (κ3) is 2.76. The third-order valence-corrected chi connectivity index (χ3v) is 5.39. The minimum Gasteiger partial charge on any atom is -0.467 e. The van der Waals surface area contributed by atoms with Crippen LogP contribution < -0.4 is 5.32 Å². The summed E-state index contributed by atoms with van der Waals surface area (Å²) in [7, 11) is 1.26. The van der Waals surface area contributed by atoms with E-state index in [-0.39, 0.29) is 18.2 Å². The Labute approximate surface area is 143 Å². The molecule has 7 nitrogen and oxygen atoms in total. The van der Waals surface area contributed by atoms with Gasteiger partial charge in [0, 0.05) is 16.9 Å². The molecule has 2 aliphatic heterocycles. The molecule has 8 heteroatoms. The highest BCUT2D eigenvalue weighted by atomic mass is 32.2. The summed E-state index contributed by atoms with van der Waals surface area (Å²) in [6.07, 6.45) is 0.398. The third-order valence-electron chi connectivity index (χ3n) is 4.26. The smallest absolute Gasteiger partial charge is 0.328 e. The van der Waals surface area contributed by atoms with Gasteiger partial charge in [-0.05, 0) is 18.2 Å². The van der Waals surface area contributed by atoms with E-state index in [1.165, 1.54) is 23.8 Å². The number of esters is 1. The molecule has 128 valence electrons. The first-order chi connectivity index (χ1) is 11.5.